The lowest BCUT2D eigenvalue weighted by atomic mass is 10.0. The summed E-state index contributed by atoms with van der Waals surface area (Å²) >= 11 is 0. The molecule has 19 heavy (non-hydrogen) atoms. The number of hydrogen-bond acceptors (Lipinski definition) is 5. The largest absolute Gasteiger partial charge is 0.497 e. The van der Waals surface area contributed by atoms with Crippen molar-refractivity contribution in [2.45, 2.75) is 12.8 Å². The van der Waals surface area contributed by atoms with Crippen LogP contribution in [0.3, 0.4) is 0 Å². The van der Waals surface area contributed by atoms with E-state index in [4.69, 9.17) is 10.5 Å². The van der Waals surface area contributed by atoms with Crippen molar-refractivity contribution in [3.05, 3.63) is 41.1 Å². The molecule has 1 aliphatic rings. The van der Waals surface area contributed by atoms with Crippen molar-refractivity contribution < 1.29 is 4.74 Å². The Balaban J connectivity index is 1.90. The van der Waals surface area contributed by atoms with E-state index in [2.05, 4.69) is 15.3 Å². The summed E-state index contributed by atoms with van der Waals surface area (Å²) in [7, 11) is 1.67. The molecule has 5 nitrogen and oxygen atoms in total. The molecule has 2 heterocycles. The molecule has 0 unspecified atom stereocenters. The Kier molecular flexibility index (Phi) is 2.95. The van der Waals surface area contributed by atoms with E-state index in [0.29, 0.717) is 5.95 Å². The van der Waals surface area contributed by atoms with Crippen LogP contribution in [-0.2, 0) is 12.8 Å². The number of hydrogen-bond donors (Lipinski definition) is 2. The molecular formula is C14H16N4O. The van der Waals surface area contributed by atoms with E-state index in [0.717, 1.165) is 36.6 Å². The van der Waals surface area contributed by atoms with E-state index in [1.54, 1.807) is 7.11 Å². The predicted molar refractivity (Wildman–Crippen MR) is 74.4 cm³/mol. The van der Waals surface area contributed by atoms with Crippen LogP contribution in [0.1, 0.15) is 16.8 Å². The van der Waals surface area contributed by atoms with Gasteiger partial charge in [0.05, 0.1) is 12.8 Å². The maximum absolute atomic E-state index is 5.75. The number of nitrogens with one attached hydrogen (secondary N) is 1. The van der Waals surface area contributed by atoms with Crippen LogP contribution < -0.4 is 15.8 Å². The SMILES string of the molecule is COc1ccc(Cc2nc(N)nc3c2CCN3)cc1. The minimum absolute atomic E-state index is 0.330. The number of anilines is 2. The average Bonchev–Trinajstić information content (AvgIpc) is 2.88. The topological polar surface area (TPSA) is 73.1 Å². The Morgan fingerprint density at radius 3 is 2.79 bits per heavy atom. The standard InChI is InChI=1S/C14H16N4O/c1-19-10-4-2-9(3-5-10)8-12-11-6-7-16-13(11)18-14(15)17-12/h2-5H,6-8H2,1H3,(H3,15,16,17,18). The van der Waals surface area contributed by atoms with Crippen LogP contribution in [0.4, 0.5) is 11.8 Å². The molecule has 0 radical (unpaired) electrons. The lowest BCUT2D eigenvalue weighted by molar-refractivity contribution is 0.414. The van der Waals surface area contributed by atoms with Gasteiger partial charge in [-0.05, 0) is 24.1 Å². The van der Waals surface area contributed by atoms with Gasteiger partial charge in [0.15, 0.2) is 0 Å². The maximum Gasteiger partial charge on any atom is 0.222 e. The van der Waals surface area contributed by atoms with Gasteiger partial charge in [0.25, 0.3) is 0 Å². The molecule has 0 amide bonds. The molecule has 0 saturated carbocycles. The van der Waals surface area contributed by atoms with Crippen LogP contribution in [0.15, 0.2) is 24.3 Å². The van der Waals surface area contributed by atoms with Gasteiger partial charge in [0.2, 0.25) is 5.95 Å². The number of nitrogen functional groups attached to an aromatic ring is 1. The second kappa shape index (κ2) is 4.76. The lowest BCUT2D eigenvalue weighted by Gasteiger charge is -2.08. The summed E-state index contributed by atoms with van der Waals surface area (Å²) < 4.78 is 5.16. The quantitative estimate of drug-likeness (QED) is 0.873. The van der Waals surface area contributed by atoms with E-state index in [9.17, 15) is 0 Å². The van der Waals surface area contributed by atoms with E-state index in [-0.39, 0.29) is 0 Å². The number of aromatic nitrogens is 2. The third-order valence-corrected chi connectivity index (χ3v) is 3.31. The summed E-state index contributed by atoms with van der Waals surface area (Å²) in [5, 5.41) is 3.23. The second-order valence-corrected chi connectivity index (χ2v) is 4.56. The number of fused-ring (bicyclic) bond motifs is 1. The molecule has 0 bridgehead atoms. The molecule has 0 spiro atoms. The van der Waals surface area contributed by atoms with Crippen LogP contribution >= 0.6 is 0 Å². The van der Waals surface area contributed by atoms with Gasteiger partial charge < -0.3 is 15.8 Å². The Hall–Kier alpha value is -2.30. The van der Waals surface area contributed by atoms with Gasteiger partial charge in [-0.25, -0.2) is 4.98 Å². The van der Waals surface area contributed by atoms with Gasteiger partial charge in [-0.15, -0.1) is 0 Å². The van der Waals surface area contributed by atoms with Crippen LogP contribution in [0.25, 0.3) is 0 Å². The fourth-order valence-corrected chi connectivity index (χ4v) is 2.35. The van der Waals surface area contributed by atoms with Gasteiger partial charge in [0.1, 0.15) is 11.6 Å². The third-order valence-electron chi connectivity index (χ3n) is 3.31. The zero-order chi connectivity index (χ0) is 13.2. The van der Waals surface area contributed by atoms with Crippen molar-refractivity contribution in [2.24, 2.45) is 0 Å². The fourth-order valence-electron chi connectivity index (χ4n) is 2.35. The van der Waals surface area contributed by atoms with Gasteiger partial charge in [-0.3, -0.25) is 0 Å². The second-order valence-electron chi connectivity index (χ2n) is 4.56. The van der Waals surface area contributed by atoms with E-state index < -0.39 is 0 Å². The minimum atomic E-state index is 0.330. The zero-order valence-electron chi connectivity index (χ0n) is 10.8. The van der Waals surface area contributed by atoms with Crippen molar-refractivity contribution in [2.75, 3.05) is 24.7 Å². The molecule has 3 N–H and O–H groups in total. The molecule has 3 rings (SSSR count). The monoisotopic (exact) mass is 256 g/mol. The zero-order valence-corrected chi connectivity index (χ0v) is 10.8. The number of benzene rings is 1. The van der Waals surface area contributed by atoms with E-state index in [1.165, 1.54) is 11.1 Å². The van der Waals surface area contributed by atoms with Crippen molar-refractivity contribution in [1.82, 2.24) is 9.97 Å². The molecule has 1 aromatic heterocycles. The number of nitrogens with zero attached hydrogens (tertiary/aromatic N) is 2. The summed E-state index contributed by atoms with van der Waals surface area (Å²) in [6.45, 7) is 0.906. The normalized spacial score (nSPS) is 12.9. The number of rotatable bonds is 3. The molecule has 5 heteroatoms. The molecule has 0 aliphatic carbocycles. The van der Waals surface area contributed by atoms with E-state index >= 15 is 0 Å². The first-order valence-electron chi connectivity index (χ1n) is 6.28. The maximum atomic E-state index is 5.75. The molecular weight excluding hydrogens is 240 g/mol. The molecule has 2 aromatic rings. The molecule has 1 aliphatic heterocycles. The molecule has 1 aromatic carbocycles. The Labute approximate surface area is 111 Å². The van der Waals surface area contributed by atoms with Crippen LogP contribution in [-0.4, -0.2) is 23.6 Å². The summed E-state index contributed by atoms with van der Waals surface area (Å²) in [5.41, 5.74) is 9.13. The minimum Gasteiger partial charge on any atom is -0.497 e. The highest BCUT2D eigenvalue weighted by Crippen LogP contribution is 2.25. The average molecular weight is 256 g/mol. The van der Waals surface area contributed by atoms with Gasteiger partial charge in [-0.2, -0.15) is 4.98 Å². The molecule has 98 valence electrons. The summed E-state index contributed by atoms with van der Waals surface area (Å²) in [5.74, 6) is 2.07. The van der Waals surface area contributed by atoms with Crippen LogP contribution in [0.2, 0.25) is 0 Å². The molecule has 0 fully saturated rings. The van der Waals surface area contributed by atoms with Crippen molar-refractivity contribution in [3.63, 3.8) is 0 Å². The van der Waals surface area contributed by atoms with Crippen LogP contribution in [0, 0.1) is 0 Å². The van der Waals surface area contributed by atoms with Gasteiger partial charge in [-0.1, -0.05) is 12.1 Å². The number of nitrogens with two attached hydrogens (primary N) is 1. The Morgan fingerprint density at radius 1 is 1.26 bits per heavy atom. The molecule has 0 saturated heterocycles. The fraction of sp³-hybridized carbons (Fsp3) is 0.286. The molecule has 0 atom stereocenters. The summed E-state index contributed by atoms with van der Waals surface area (Å²) in [6, 6.07) is 8.01. The Morgan fingerprint density at radius 2 is 2.05 bits per heavy atom. The third kappa shape index (κ3) is 2.31. The first kappa shape index (κ1) is 11.8. The van der Waals surface area contributed by atoms with Crippen molar-refractivity contribution in [1.29, 1.82) is 0 Å². The highest BCUT2D eigenvalue weighted by molar-refractivity contribution is 5.54. The predicted octanol–water partition coefficient (Wildman–Crippen LogP) is 1.63. The van der Waals surface area contributed by atoms with Crippen LogP contribution in [0.5, 0.6) is 5.75 Å². The van der Waals surface area contributed by atoms with E-state index in [1.807, 2.05) is 24.3 Å². The Bertz CT molecular complexity index is 595. The highest BCUT2D eigenvalue weighted by Gasteiger charge is 2.18. The van der Waals surface area contributed by atoms with Gasteiger partial charge >= 0.3 is 0 Å². The highest BCUT2D eigenvalue weighted by atomic mass is 16.5. The number of methoxy groups -OCH3 is 1. The first-order chi connectivity index (χ1) is 9.26. The van der Waals surface area contributed by atoms with Gasteiger partial charge in [0, 0.05) is 18.5 Å². The summed E-state index contributed by atoms with van der Waals surface area (Å²) in [4.78, 5) is 8.60. The van der Waals surface area contributed by atoms with Crippen molar-refractivity contribution in [3.8, 4) is 5.75 Å². The smallest absolute Gasteiger partial charge is 0.222 e. The lowest BCUT2D eigenvalue weighted by Crippen LogP contribution is -2.04. The summed E-state index contributed by atoms with van der Waals surface area (Å²) in [6.07, 6.45) is 1.72. The first-order valence-corrected chi connectivity index (χ1v) is 6.28. The number of ether oxygens (including phenoxy) is 1. The van der Waals surface area contributed by atoms with Crippen molar-refractivity contribution >= 4 is 11.8 Å².